The van der Waals surface area contributed by atoms with Crippen LogP contribution >= 0.6 is 0 Å². The average molecular weight is 422 g/mol. The molecule has 0 spiro atoms. The molecule has 0 saturated carbocycles. The van der Waals surface area contributed by atoms with Crippen LogP contribution in [0.15, 0.2) is 29.4 Å². The minimum absolute atomic E-state index is 0.441. The molecule has 0 bridgehead atoms. The third-order valence-corrected chi connectivity index (χ3v) is 15.3. The highest BCUT2D eigenvalue weighted by molar-refractivity contribution is 7.89. The fourth-order valence-corrected chi connectivity index (χ4v) is 14.0. The minimum Gasteiger partial charge on any atom is -0.357 e. The van der Waals surface area contributed by atoms with E-state index in [1.807, 2.05) is 18.3 Å². The van der Waals surface area contributed by atoms with Crippen molar-refractivity contribution < 1.29 is 8.42 Å². The van der Waals surface area contributed by atoms with Crippen LogP contribution < -0.4 is 0 Å². The van der Waals surface area contributed by atoms with Crippen molar-refractivity contribution in [3.63, 3.8) is 0 Å². The molecule has 1 fully saturated rings. The van der Waals surface area contributed by atoms with E-state index >= 15 is 0 Å². The van der Waals surface area contributed by atoms with E-state index in [4.69, 9.17) is 0 Å². The first-order valence-corrected chi connectivity index (χ1v) is 14.2. The van der Waals surface area contributed by atoms with Gasteiger partial charge >= 0.3 is 0 Å². The van der Waals surface area contributed by atoms with E-state index in [2.05, 4.69) is 50.8 Å². The number of nitrogens with zero attached hydrogens (tertiary/aromatic N) is 3. The molecule has 7 heteroatoms. The minimum atomic E-state index is -3.51. The van der Waals surface area contributed by atoms with Crippen LogP contribution in [0, 0.1) is 0 Å². The summed E-state index contributed by atoms with van der Waals surface area (Å²) in [5.41, 5.74) is 2.24. The van der Waals surface area contributed by atoms with Crippen molar-refractivity contribution in [3.05, 3.63) is 24.5 Å². The Hall–Kier alpha value is -1.18. The van der Waals surface area contributed by atoms with Crippen molar-refractivity contribution in [2.24, 2.45) is 0 Å². The quantitative estimate of drug-likeness (QED) is 0.600. The zero-order chi connectivity index (χ0) is 20.7. The number of rotatable bonds is 6. The lowest BCUT2D eigenvalue weighted by atomic mass is 10.2. The Balaban J connectivity index is 2.29. The summed E-state index contributed by atoms with van der Waals surface area (Å²) in [5, 5.41) is 0.770. The summed E-state index contributed by atoms with van der Waals surface area (Å²) in [5.74, 6) is 0. The maximum absolute atomic E-state index is 13.6. The molecule has 3 heterocycles. The number of hydrogen-bond acceptors (Lipinski definition) is 3. The van der Waals surface area contributed by atoms with Crippen LogP contribution in [-0.2, 0) is 10.0 Å². The lowest BCUT2D eigenvalue weighted by molar-refractivity contribution is 0.347. The molecule has 5 nitrogen and oxygen atoms in total. The number of pyridine rings is 1. The maximum Gasteiger partial charge on any atom is 0.245 e. The monoisotopic (exact) mass is 421 g/mol. The highest BCUT2D eigenvalue weighted by Crippen LogP contribution is 2.45. The van der Waals surface area contributed by atoms with Crippen LogP contribution in [-0.4, -0.2) is 43.3 Å². The van der Waals surface area contributed by atoms with Gasteiger partial charge in [0.1, 0.15) is 10.5 Å². The van der Waals surface area contributed by atoms with E-state index in [0.29, 0.717) is 34.6 Å². The van der Waals surface area contributed by atoms with Crippen LogP contribution in [0.1, 0.15) is 60.8 Å². The van der Waals surface area contributed by atoms with Gasteiger partial charge in [0.15, 0.2) is 8.24 Å². The Morgan fingerprint density at radius 1 is 0.964 bits per heavy atom. The Labute approximate surface area is 171 Å². The van der Waals surface area contributed by atoms with Crippen LogP contribution in [0.2, 0.25) is 16.6 Å². The smallest absolute Gasteiger partial charge is 0.245 e. The molecule has 0 unspecified atom stereocenters. The molecule has 1 aliphatic heterocycles. The van der Waals surface area contributed by atoms with Crippen molar-refractivity contribution in [2.45, 2.75) is 82.3 Å². The van der Waals surface area contributed by atoms with E-state index in [9.17, 15) is 8.42 Å². The molecule has 3 rings (SSSR count). The van der Waals surface area contributed by atoms with Gasteiger partial charge in [-0.15, -0.1) is 0 Å². The van der Waals surface area contributed by atoms with Gasteiger partial charge in [0.05, 0.1) is 0 Å². The number of aromatic nitrogens is 2. The molecular weight excluding hydrogens is 386 g/mol. The predicted octanol–water partition coefficient (Wildman–Crippen LogP) is 5.23. The SMILES string of the molecule is CC(C)[Si](C(C)C)(C(C)C)n1cc(S(=O)(=O)N2CCCCC2)c2cccnc21. The predicted molar refractivity (Wildman–Crippen MR) is 119 cm³/mol. The summed E-state index contributed by atoms with van der Waals surface area (Å²) in [7, 11) is -5.61. The zero-order valence-corrected chi connectivity index (χ0v) is 20.0. The van der Waals surface area contributed by atoms with Gasteiger partial charge in [0.25, 0.3) is 0 Å². The van der Waals surface area contributed by atoms with Crippen molar-refractivity contribution >= 4 is 29.3 Å². The third-order valence-electron chi connectivity index (χ3n) is 6.65. The Bertz CT molecular complexity index is 906. The molecule has 2 aromatic rings. The van der Waals surface area contributed by atoms with Gasteiger partial charge in [-0.1, -0.05) is 48.0 Å². The van der Waals surface area contributed by atoms with Gasteiger partial charge in [-0.05, 0) is 41.6 Å². The van der Waals surface area contributed by atoms with Crippen LogP contribution in [0.25, 0.3) is 11.0 Å². The normalized spacial score (nSPS) is 17.3. The van der Waals surface area contributed by atoms with Gasteiger partial charge in [-0.25, -0.2) is 13.4 Å². The molecule has 2 aromatic heterocycles. The van der Waals surface area contributed by atoms with E-state index in [1.54, 1.807) is 10.5 Å². The van der Waals surface area contributed by atoms with Crippen LogP contribution in [0.3, 0.4) is 0 Å². The molecule has 0 N–H and O–H groups in total. The van der Waals surface area contributed by atoms with E-state index < -0.39 is 18.3 Å². The van der Waals surface area contributed by atoms with Crippen molar-refractivity contribution in [1.29, 1.82) is 0 Å². The second kappa shape index (κ2) is 7.92. The molecule has 1 aliphatic rings. The van der Waals surface area contributed by atoms with Gasteiger partial charge in [-0.2, -0.15) is 4.31 Å². The zero-order valence-electron chi connectivity index (χ0n) is 18.1. The number of hydrogen-bond donors (Lipinski definition) is 0. The number of piperidine rings is 1. The second-order valence-electron chi connectivity index (χ2n) is 9.05. The summed E-state index contributed by atoms with van der Waals surface area (Å²) in [6.45, 7) is 15.0. The van der Waals surface area contributed by atoms with Gasteiger partial charge in [-0.3, -0.25) is 0 Å². The summed E-state index contributed by atoms with van der Waals surface area (Å²) in [6, 6.07) is 3.78. The molecule has 1 saturated heterocycles. The summed E-state index contributed by atoms with van der Waals surface area (Å²) in [6.07, 6.45) is 6.72. The molecular formula is C21H35N3O2SSi. The Morgan fingerprint density at radius 2 is 1.54 bits per heavy atom. The standard InChI is InChI=1S/C21H35N3O2SSi/c1-16(2)28(17(3)4,18(5)6)24-15-20(19-11-10-12-22-21(19)24)27(25,26)23-13-8-7-9-14-23/h10-12,15-18H,7-9,13-14H2,1-6H3. The van der Waals surface area contributed by atoms with Gasteiger partial charge in [0.2, 0.25) is 10.0 Å². The number of sulfonamides is 1. The highest BCUT2D eigenvalue weighted by Gasteiger charge is 2.47. The summed E-state index contributed by atoms with van der Waals surface area (Å²) >= 11 is 0. The largest absolute Gasteiger partial charge is 0.357 e. The third kappa shape index (κ3) is 3.25. The van der Waals surface area contributed by atoms with Gasteiger partial charge in [0, 0.05) is 30.9 Å². The first kappa shape index (κ1) is 21.5. The molecule has 28 heavy (non-hydrogen) atoms. The van der Waals surface area contributed by atoms with Crippen LogP contribution in [0.4, 0.5) is 0 Å². The topological polar surface area (TPSA) is 55.2 Å². The second-order valence-corrected chi connectivity index (χ2v) is 16.7. The first-order valence-electron chi connectivity index (χ1n) is 10.6. The van der Waals surface area contributed by atoms with E-state index in [0.717, 1.165) is 30.3 Å². The molecule has 0 atom stereocenters. The maximum atomic E-state index is 13.6. The lowest BCUT2D eigenvalue weighted by Crippen LogP contribution is -2.51. The van der Waals surface area contributed by atoms with E-state index in [1.165, 1.54) is 0 Å². The van der Waals surface area contributed by atoms with Crippen LogP contribution in [0.5, 0.6) is 0 Å². The van der Waals surface area contributed by atoms with Crippen molar-refractivity contribution in [2.75, 3.05) is 13.1 Å². The van der Waals surface area contributed by atoms with E-state index in [-0.39, 0.29) is 0 Å². The summed E-state index contributed by atoms with van der Waals surface area (Å²) in [4.78, 5) is 5.13. The fourth-order valence-electron chi connectivity index (χ4n) is 5.61. The lowest BCUT2D eigenvalue weighted by Gasteiger charge is -2.44. The molecule has 0 aliphatic carbocycles. The van der Waals surface area contributed by atoms with Gasteiger partial charge < -0.3 is 4.23 Å². The molecule has 0 amide bonds. The average Bonchev–Trinajstić information content (AvgIpc) is 3.03. The highest BCUT2D eigenvalue weighted by atomic mass is 32.2. The van der Waals surface area contributed by atoms with Crippen molar-refractivity contribution in [1.82, 2.24) is 13.5 Å². The first-order chi connectivity index (χ1) is 13.1. The fraction of sp³-hybridized carbons (Fsp3) is 0.667. The summed E-state index contributed by atoms with van der Waals surface area (Å²) < 4.78 is 31.1. The van der Waals surface area contributed by atoms with Crippen molar-refractivity contribution in [3.8, 4) is 0 Å². The Morgan fingerprint density at radius 3 is 2.07 bits per heavy atom. The molecule has 156 valence electrons. The molecule has 0 radical (unpaired) electrons. The number of fused-ring (bicyclic) bond motifs is 1. The Kier molecular flexibility index (Phi) is 6.09. The molecule has 0 aromatic carbocycles.